The summed E-state index contributed by atoms with van der Waals surface area (Å²) in [6.07, 6.45) is 10.5. The molecule has 1 saturated heterocycles. The highest BCUT2D eigenvalue weighted by Crippen LogP contribution is 2.34. The van der Waals surface area contributed by atoms with Crippen LogP contribution in [0.25, 0.3) is 0 Å². The van der Waals surface area contributed by atoms with Gasteiger partial charge in [-0.3, -0.25) is 9.58 Å². The Balaban J connectivity index is 1.35. The number of aromatic nitrogens is 2. The largest absolute Gasteiger partial charge is 0.311 e. The van der Waals surface area contributed by atoms with E-state index in [0.29, 0.717) is 6.04 Å². The van der Waals surface area contributed by atoms with Gasteiger partial charge in [0, 0.05) is 38.4 Å². The van der Waals surface area contributed by atoms with Crippen LogP contribution in [0.3, 0.4) is 0 Å². The van der Waals surface area contributed by atoms with Crippen molar-refractivity contribution >= 4 is 0 Å². The van der Waals surface area contributed by atoms with Crippen molar-refractivity contribution in [2.45, 2.75) is 57.2 Å². The Kier molecular flexibility index (Phi) is 3.52. The molecule has 0 amide bonds. The van der Waals surface area contributed by atoms with E-state index in [1.54, 1.807) is 0 Å². The normalized spacial score (nSPS) is 29.1. The third kappa shape index (κ3) is 2.77. The van der Waals surface area contributed by atoms with Gasteiger partial charge in [-0.15, -0.1) is 0 Å². The molecular formula is C16H26N4. The first kappa shape index (κ1) is 12.8. The van der Waals surface area contributed by atoms with Crippen LogP contribution in [0.2, 0.25) is 0 Å². The molecule has 20 heavy (non-hydrogen) atoms. The summed E-state index contributed by atoms with van der Waals surface area (Å²) >= 11 is 0. The first-order chi connectivity index (χ1) is 9.88. The number of hydrogen-bond acceptors (Lipinski definition) is 3. The third-order valence-electron chi connectivity index (χ3n) is 5.23. The van der Waals surface area contributed by atoms with Crippen LogP contribution in [0.4, 0.5) is 0 Å². The smallest absolute Gasteiger partial charge is 0.0764 e. The zero-order chi connectivity index (χ0) is 13.4. The molecule has 1 unspecified atom stereocenters. The number of nitrogens with zero attached hydrogens (tertiary/aromatic N) is 3. The summed E-state index contributed by atoms with van der Waals surface area (Å²) in [6, 6.07) is 3.64. The Bertz CT molecular complexity index is 445. The molecule has 1 aliphatic heterocycles. The van der Waals surface area contributed by atoms with Gasteiger partial charge in [-0.1, -0.05) is 12.8 Å². The summed E-state index contributed by atoms with van der Waals surface area (Å²) < 4.78 is 2.23. The summed E-state index contributed by atoms with van der Waals surface area (Å²) in [5.41, 5.74) is 1.26. The van der Waals surface area contributed by atoms with Crippen LogP contribution in [0, 0.1) is 5.92 Å². The van der Waals surface area contributed by atoms with Crippen LogP contribution >= 0.6 is 0 Å². The molecule has 3 aliphatic rings. The lowest BCUT2D eigenvalue weighted by atomic mass is 10.1. The Hall–Kier alpha value is -0.870. The topological polar surface area (TPSA) is 33.1 Å². The predicted molar refractivity (Wildman–Crippen MR) is 79.5 cm³/mol. The van der Waals surface area contributed by atoms with E-state index < -0.39 is 0 Å². The lowest BCUT2D eigenvalue weighted by molar-refractivity contribution is 0.179. The molecule has 0 bridgehead atoms. The van der Waals surface area contributed by atoms with Crippen LogP contribution < -0.4 is 5.32 Å². The Labute approximate surface area is 121 Å². The second-order valence-electron chi connectivity index (χ2n) is 6.86. The van der Waals surface area contributed by atoms with Crippen molar-refractivity contribution in [2.24, 2.45) is 5.92 Å². The first-order valence-corrected chi connectivity index (χ1v) is 8.38. The molecule has 4 nitrogen and oxygen atoms in total. The maximum atomic E-state index is 4.83. The van der Waals surface area contributed by atoms with Gasteiger partial charge in [0.15, 0.2) is 0 Å². The van der Waals surface area contributed by atoms with E-state index in [-0.39, 0.29) is 0 Å². The highest BCUT2D eigenvalue weighted by atomic mass is 15.3. The van der Waals surface area contributed by atoms with Crippen molar-refractivity contribution in [2.75, 3.05) is 19.6 Å². The van der Waals surface area contributed by atoms with E-state index in [1.807, 2.05) is 0 Å². The van der Waals surface area contributed by atoms with E-state index in [4.69, 9.17) is 5.10 Å². The van der Waals surface area contributed by atoms with Crippen LogP contribution in [-0.2, 0) is 6.54 Å². The van der Waals surface area contributed by atoms with Gasteiger partial charge in [-0.05, 0) is 37.7 Å². The third-order valence-corrected chi connectivity index (χ3v) is 5.23. The fraction of sp³-hybridized carbons (Fsp3) is 0.812. The van der Waals surface area contributed by atoms with Crippen LogP contribution in [0.1, 0.15) is 50.3 Å². The second-order valence-corrected chi connectivity index (χ2v) is 6.86. The molecule has 0 spiro atoms. The fourth-order valence-corrected chi connectivity index (χ4v) is 3.86. The number of rotatable bonds is 4. The van der Waals surface area contributed by atoms with Crippen LogP contribution in [0.5, 0.6) is 0 Å². The second kappa shape index (κ2) is 5.49. The van der Waals surface area contributed by atoms with E-state index in [9.17, 15) is 0 Å². The maximum absolute atomic E-state index is 4.83. The van der Waals surface area contributed by atoms with Gasteiger partial charge < -0.3 is 5.32 Å². The van der Waals surface area contributed by atoms with E-state index in [0.717, 1.165) is 25.0 Å². The summed E-state index contributed by atoms with van der Waals surface area (Å²) in [4.78, 5) is 2.58. The Morgan fingerprint density at radius 1 is 1.20 bits per heavy atom. The van der Waals surface area contributed by atoms with Gasteiger partial charge in [0.2, 0.25) is 0 Å². The Morgan fingerprint density at radius 2 is 2.05 bits per heavy atom. The molecule has 2 aliphatic carbocycles. The monoisotopic (exact) mass is 274 g/mol. The highest BCUT2D eigenvalue weighted by molar-refractivity contribution is 5.01. The molecule has 1 atom stereocenters. The van der Waals surface area contributed by atoms with Gasteiger partial charge in [0.1, 0.15) is 0 Å². The summed E-state index contributed by atoms with van der Waals surface area (Å²) in [6.45, 7) is 4.55. The van der Waals surface area contributed by atoms with Crippen molar-refractivity contribution < 1.29 is 0 Å². The summed E-state index contributed by atoms with van der Waals surface area (Å²) in [5.74, 6) is 0.953. The maximum Gasteiger partial charge on any atom is 0.0764 e. The van der Waals surface area contributed by atoms with Crippen molar-refractivity contribution in [3.8, 4) is 0 Å². The SMILES string of the molecule is c1cn(C2CCCC2)nc1CN1CCNC(C2CC2)C1. The summed E-state index contributed by atoms with van der Waals surface area (Å²) in [7, 11) is 0. The minimum atomic E-state index is 0.672. The molecule has 0 aromatic carbocycles. The number of nitrogens with one attached hydrogen (secondary N) is 1. The molecule has 3 fully saturated rings. The van der Waals surface area contributed by atoms with Gasteiger partial charge in [-0.25, -0.2) is 0 Å². The predicted octanol–water partition coefficient (Wildman–Crippen LogP) is 2.18. The van der Waals surface area contributed by atoms with Gasteiger partial charge in [0.25, 0.3) is 0 Å². The molecule has 1 aromatic rings. The van der Waals surface area contributed by atoms with Gasteiger partial charge in [-0.2, -0.15) is 5.10 Å². The minimum Gasteiger partial charge on any atom is -0.311 e. The van der Waals surface area contributed by atoms with Gasteiger partial charge >= 0.3 is 0 Å². The molecule has 1 N–H and O–H groups in total. The van der Waals surface area contributed by atoms with Crippen molar-refractivity contribution in [3.05, 3.63) is 18.0 Å². The lowest BCUT2D eigenvalue weighted by Crippen LogP contribution is -2.51. The minimum absolute atomic E-state index is 0.672. The zero-order valence-corrected chi connectivity index (χ0v) is 12.3. The quantitative estimate of drug-likeness (QED) is 0.913. The molecular weight excluding hydrogens is 248 g/mol. The lowest BCUT2D eigenvalue weighted by Gasteiger charge is -2.33. The van der Waals surface area contributed by atoms with E-state index in [2.05, 4.69) is 27.2 Å². The van der Waals surface area contributed by atoms with Crippen molar-refractivity contribution in [3.63, 3.8) is 0 Å². The van der Waals surface area contributed by atoms with Crippen molar-refractivity contribution in [1.82, 2.24) is 20.0 Å². The standard InChI is InChI=1S/C16H26N4/c1-2-4-15(3-1)20-9-7-14(18-20)11-19-10-8-17-16(12-19)13-5-6-13/h7,9,13,15-17H,1-6,8,10-12H2. The summed E-state index contributed by atoms with van der Waals surface area (Å²) in [5, 5.41) is 8.51. The highest BCUT2D eigenvalue weighted by Gasteiger charge is 2.34. The molecule has 4 rings (SSSR count). The van der Waals surface area contributed by atoms with Crippen LogP contribution in [-0.4, -0.2) is 40.4 Å². The average molecular weight is 274 g/mol. The Morgan fingerprint density at radius 3 is 2.85 bits per heavy atom. The molecule has 110 valence electrons. The number of piperazine rings is 1. The number of hydrogen-bond donors (Lipinski definition) is 1. The van der Waals surface area contributed by atoms with Crippen molar-refractivity contribution in [1.29, 1.82) is 0 Å². The molecule has 4 heteroatoms. The van der Waals surface area contributed by atoms with E-state index in [1.165, 1.54) is 57.3 Å². The molecule has 2 heterocycles. The van der Waals surface area contributed by atoms with Gasteiger partial charge in [0.05, 0.1) is 11.7 Å². The fourth-order valence-electron chi connectivity index (χ4n) is 3.86. The first-order valence-electron chi connectivity index (χ1n) is 8.38. The van der Waals surface area contributed by atoms with E-state index >= 15 is 0 Å². The zero-order valence-electron chi connectivity index (χ0n) is 12.3. The average Bonchev–Trinajstić information content (AvgIpc) is 2.98. The molecule has 2 saturated carbocycles. The molecule has 1 aromatic heterocycles. The molecule has 0 radical (unpaired) electrons. The van der Waals surface area contributed by atoms with Crippen LogP contribution in [0.15, 0.2) is 12.3 Å².